The van der Waals surface area contributed by atoms with Gasteiger partial charge < -0.3 is 24.5 Å². The Bertz CT molecular complexity index is 946. The first-order chi connectivity index (χ1) is 12.3. The average molecular weight is 363 g/mol. The number of H-pyrrole nitrogens is 1. The van der Waals surface area contributed by atoms with Crippen molar-refractivity contribution in [3.63, 3.8) is 0 Å². The van der Waals surface area contributed by atoms with Gasteiger partial charge in [0.15, 0.2) is 11.5 Å². The minimum atomic E-state index is -1.25. The number of aromatic nitrogens is 2. The molecule has 1 amide bonds. The van der Waals surface area contributed by atoms with Crippen molar-refractivity contribution in [2.24, 2.45) is 0 Å². The summed E-state index contributed by atoms with van der Waals surface area (Å²) in [5.74, 6) is -1.30. The molecule has 0 aliphatic heterocycles. The molecule has 10 heteroatoms. The van der Waals surface area contributed by atoms with Gasteiger partial charge in [0.2, 0.25) is 5.91 Å². The summed E-state index contributed by atoms with van der Waals surface area (Å²) in [6, 6.07) is 3.74. The Morgan fingerprint density at radius 1 is 1.19 bits per heavy atom. The maximum absolute atomic E-state index is 12.1. The zero-order valence-electron chi connectivity index (χ0n) is 14.1. The van der Waals surface area contributed by atoms with Gasteiger partial charge in [-0.3, -0.25) is 14.6 Å². The van der Waals surface area contributed by atoms with Crippen LogP contribution in [0, 0.1) is 0 Å². The Labute approximate surface area is 147 Å². The van der Waals surface area contributed by atoms with Crippen molar-refractivity contribution in [3.05, 3.63) is 50.8 Å². The van der Waals surface area contributed by atoms with Crippen molar-refractivity contribution in [1.29, 1.82) is 0 Å². The molecule has 2 aromatic rings. The van der Waals surface area contributed by atoms with E-state index >= 15 is 0 Å². The van der Waals surface area contributed by atoms with E-state index in [0.717, 1.165) is 10.6 Å². The topological polar surface area (TPSA) is 140 Å². The van der Waals surface area contributed by atoms with E-state index in [-0.39, 0.29) is 35.7 Å². The normalized spacial score (nSPS) is 10.2. The van der Waals surface area contributed by atoms with E-state index in [1.54, 1.807) is 0 Å². The van der Waals surface area contributed by atoms with Crippen LogP contribution in [0.1, 0.15) is 16.8 Å². The molecule has 0 aliphatic rings. The highest BCUT2D eigenvalue weighted by atomic mass is 16.5. The summed E-state index contributed by atoms with van der Waals surface area (Å²) in [5, 5.41) is 11.8. The molecular formula is C16H17N3O7. The van der Waals surface area contributed by atoms with Gasteiger partial charge in [-0.15, -0.1) is 0 Å². The molecular weight excluding hydrogens is 346 g/mol. The quantitative estimate of drug-likeness (QED) is 0.642. The Morgan fingerprint density at radius 2 is 1.85 bits per heavy atom. The van der Waals surface area contributed by atoms with E-state index in [9.17, 15) is 24.3 Å². The molecule has 0 radical (unpaired) electrons. The minimum Gasteiger partial charge on any atom is -0.493 e. The second kappa shape index (κ2) is 8.01. The van der Waals surface area contributed by atoms with E-state index in [0.29, 0.717) is 0 Å². The molecule has 0 saturated carbocycles. The third-order valence-electron chi connectivity index (χ3n) is 3.50. The highest BCUT2D eigenvalue weighted by molar-refractivity contribution is 6.01. The predicted molar refractivity (Wildman–Crippen MR) is 91.1 cm³/mol. The average Bonchev–Trinajstić information content (AvgIpc) is 2.60. The molecule has 0 saturated heterocycles. The van der Waals surface area contributed by atoms with Crippen LogP contribution in [0.5, 0.6) is 11.5 Å². The number of aryl methyl sites for hydroxylation is 1. The highest BCUT2D eigenvalue weighted by Gasteiger charge is 2.18. The van der Waals surface area contributed by atoms with Crippen molar-refractivity contribution in [3.8, 4) is 11.5 Å². The Kier molecular flexibility index (Phi) is 5.78. The number of carboxylic acid groups (broad SMARTS) is 1. The summed E-state index contributed by atoms with van der Waals surface area (Å²) < 4.78 is 11.3. The summed E-state index contributed by atoms with van der Waals surface area (Å²) in [4.78, 5) is 48.2. The van der Waals surface area contributed by atoms with Gasteiger partial charge in [0.25, 0.3) is 5.56 Å². The predicted octanol–water partition coefficient (Wildman–Crippen LogP) is 0.281. The lowest BCUT2D eigenvalue weighted by Crippen LogP contribution is -2.29. The second-order valence-electron chi connectivity index (χ2n) is 5.16. The lowest BCUT2D eigenvalue weighted by atomic mass is 10.1. The number of hydrogen-bond donors (Lipinski definition) is 3. The van der Waals surface area contributed by atoms with Crippen molar-refractivity contribution in [1.82, 2.24) is 9.55 Å². The van der Waals surface area contributed by atoms with Gasteiger partial charge in [0.05, 0.1) is 25.5 Å². The third kappa shape index (κ3) is 4.29. The monoisotopic (exact) mass is 363 g/mol. The van der Waals surface area contributed by atoms with Crippen LogP contribution in [0.4, 0.5) is 5.69 Å². The van der Waals surface area contributed by atoms with Crippen molar-refractivity contribution >= 4 is 17.6 Å². The molecule has 0 atom stereocenters. The Balaban J connectivity index is 2.18. The number of carboxylic acids is 1. The molecule has 0 unspecified atom stereocenters. The fourth-order valence-electron chi connectivity index (χ4n) is 2.21. The maximum Gasteiger partial charge on any atom is 0.337 e. The first kappa shape index (κ1) is 18.8. The largest absolute Gasteiger partial charge is 0.493 e. The number of nitrogens with one attached hydrogen (secondary N) is 2. The third-order valence-corrected chi connectivity index (χ3v) is 3.50. The number of rotatable bonds is 7. The first-order valence-corrected chi connectivity index (χ1v) is 7.44. The number of anilines is 1. The van der Waals surface area contributed by atoms with Crippen LogP contribution in [0.15, 0.2) is 34.0 Å². The van der Waals surface area contributed by atoms with Crippen LogP contribution < -0.4 is 26.0 Å². The SMILES string of the molecule is COc1cc(NC(=O)CCn2ccc(=O)[nH]c2=O)c(C(=O)O)cc1OC. The van der Waals surface area contributed by atoms with Crippen LogP contribution in [0.2, 0.25) is 0 Å². The fraction of sp³-hybridized carbons (Fsp3) is 0.250. The zero-order valence-corrected chi connectivity index (χ0v) is 14.1. The standard InChI is InChI=1S/C16H17N3O7/c1-25-11-7-9(15(22)23)10(8-12(11)26-2)17-13(20)3-5-19-6-4-14(21)18-16(19)24/h4,6-8H,3,5H2,1-2H3,(H,17,20)(H,22,23)(H,18,21,24). The summed E-state index contributed by atoms with van der Waals surface area (Å²) >= 11 is 0. The number of ether oxygens (including phenoxy) is 2. The van der Waals surface area contributed by atoms with Crippen LogP contribution in [-0.2, 0) is 11.3 Å². The molecule has 0 fully saturated rings. The van der Waals surface area contributed by atoms with Crippen molar-refractivity contribution in [2.45, 2.75) is 13.0 Å². The molecule has 0 spiro atoms. The highest BCUT2D eigenvalue weighted by Crippen LogP contribution is 2.33. The van der Waals surface area contributed by atoms with Gasteiger partial charge in [-0.05, 0) is 0 Å². The van der Waals surface area contributed by atoms with Gasteiger partial charge >= 0.3 is 11.7 Å². The first-order valence-electron chi connectivity index (χ1n) is 7.44. The van der Waals surface area contributed by atoms with Gasteiger partial charge in [-0.25, -0.2) is 9.59 Å². The number of amides is 1. The van der Waals surface area contributed by atoms with E-state index in [1.165, 1.54) is 32.5 Å². The molecule has 3 N–H and O–H groups in total. The summed E-state index contributed by atoms with van der Waals surface area (Å²) in [5.41, 5.74) is -1.30. The van der Waals surface area contributed by atoms with Crippen LogP contribution in [0.25, 0.3) is 0 Å². The van der Waals surface area contributed by atoms with Crippen molar-refractivity contribution < 1.29 is 24.2 Å². The smallest absolute Gasteiger partial charge is 0.337 e. The minimum absolute atomic E-state index is 0.0111. The molecule has 0 aliphatic carbocycles. The van der Waals surface area contributed by atoms with Crippen molar-refractivity contribution in [2.75, 3.05) is 19.5 Å². The number of hydrogen-bond acceptors (Lipinski definition) is 6. The number of aromatic carboxylic acids is 1. The molecule has 1 heterocycles. The molecule has 138 valence electrons. The zero-order chi connectivity index (χ0) is 19.3. The van der Waals surface area contributed by atoms with Crippen LogP contribution in [0.3, 0.4) is 0 Å². The molecule has 2 rings (SSSR count). The lowest BCUT2D eigenvalue weighted by molar-refractivity contribution is -0.116. The van der Waals surface area contributed by atoms with Gasteiger partial charge in [-0.2, -0.15) is 0 Å². The molecule has 0 bridgehead atoms. The number of carbonyl (C=O) groups excluding carboxylic acids is 1. The molecule has 1 aromatic heterocycles. The van der Waals surface area contributed by atoms with Crippen LogP contribution >= 0.6 is 0 Å². The number of methoxy groups -OCH3 is 2. The lowest BCUT2D eigenvalue weighted by Gasteiger charge is -2.14. The number of benzene rings is 1. The van der Waals surface area contributed by atoms with E-state index in [4.69, 9.17) is 9.47 Å². The van der Waals surface area contributed by atoms with E-state index in [2.05, 4.69) is 10.3 Å². The van der Waals surface area contributed by atoms with Gasteiger partial charge in [0.1, 0.15) is 0 Å². The maximum atomic E-state index is 12.1. The van der Waals surface area contributed by atoms with Gasteiger partial charge in [-0.1, -0.05) is 0 Å². The Hall–Kier alpha value is -3.56. The fourth-order valence-corrected chi connectivity index (χ4v) is 2.21. The second-order valence-corrected chi connectivity index (χ2v) is 5.16. The number of aromatic amines is 1. The number of nitrogens with zero attached hydrogens (tertiary/aromatic N) is 1. The Morgan fingerprint density at radius 3 is 2.42 bits per heavy atom. The molecule has 26 heavy (non-hydrogen) atoms. The summed E-state index contributed by atoms with van der Waals surface area (Å²) in [6.45, 7) is 0.0111. The van der Waals surface area contributed by atoms with E-state index < -0.39 is 23.1 Å². The molecule has 1 aromatic carbocycles. The summed E-state index contributed by atoms with van der Waals surface area (Å²) in [7, 11) is 2.75. The summed E-state index contributed by atoms with van der Waals surface area (Å²) in [6.07, 6.45) is 1.16. The van der Waals surface area contributed by atoms with Crippen LogP contribution in [-0.4, -0.2) is 40.8 Å². The number of carbonyl (C=O) groups is 2. The molecule has 10 nitrogen and oxygen atoms in total. The van der Waals surface area contributed by atoms with E-state index in [1.807, 2.05) is 0 Å². The van der Waals surface area contributed by atoms with Gasteiger partial charge in [0, 0.05) is 37.4 Å².